The zero-order valence-corrected chi connectivity index (χ0v) is 14.0. The molecular weight excluding hydrogens is 318 g/mol. The topological polar surface area (TPSA) is 97.4 Å². The van der Waals surface area contributed by atoms with E-state index in [4.69, 9.17) is 10.2 Å². The number of hydrogen-bond donors (Lipinski definition) is 3. The van der Waals surface area contributed by atoms with Crippen molar-refractivity contribution < 1.29 is 14.0 Å². The van der Waals surface area contributed by atoms with Crippen molar-refractivity contribution in [2.24, 2.45) is 5.73 Å². The maximum Gasteiger partial charge on any atom is 0.319 e. The van der Waals surface area contributed by atoms with Gasteiger partial charge in [0.2, 0.25) is 5.91 Å². The molecule has 2 aromatic carbocycles. The van der Waals surface area contributed by atoms with Crippen LogP contribution in [0.25, 0.3) is 11.0 Å². The first kappa shape index (κ1) is 16.6. The summed E-state index contributed by atoms with van der Waals surface area (Å²) in [5.41, 5.74) is 7.95. The van der Waals surface area contributed by atoms with E-state index >= 15 is 0 Å². The van der Waals surface area contributed by atoms with Gasteiger partial charge in [-0.15, -0.1) is 0 Å². The van der Waals surface area contributed by atoms with E-state index in [-0.39, 0.29) is 12.1 Å². The van der Waals surface area contributed by atoms with E-state index in [0.29, 0.717) is 11.3 Å². The molecule has 128 valence electrons. The van der Waals surface area contributed by atoms with Gasteiger partial charge in [-0.05, 0) is 44.2 Å². The molecule has 3 amide bonds. The summed E-state index contributed by atoms with van der Waals surface area (Å²) in [4.78, 5) is 23.2. The Kier molecular flexibility index (Phi) is 4.43. The Hall–Kier alpha value is -3.28. The van der Waals surface area contributed by atoms with E-state index in [9.17, 15) is 9.59 Å². The van der Waals surface area contributed by atoms with E-state index in [0.717, 1.165) is 22.3 Å². The summed E-state index contributed by atoms with van der Waals surface area (Å²) in [6, 6.07) is 13.5. The number of primary amides is 1. The minimum absolute atomic E-state index is 0.294. The van der Waals surface area contributed by atoms with E-state index in [1.54, 1.807) is 24.3 Å². The van der Waals surface area contributed by atoms with Crippen molar-refractivity contribution in [2.45, 2.75) is 19.9 Å². The normalized spacial score (nSPS) is 11.9. The van der Waals surface area contributed by atoms with Gasteiger partial charge in [-0.3, -0.25) is 4.79 Å². The zero-order valence-electron chi connectivity index (χ0n) is 14.0. The van der Waals surface area contributed by atoms with Gasteiger partial charge >= 0.3 is 6.03 Å². The second-order valence-corrected chi connectivity index (χ2v) is 5.85. The molecule has 6 nitrogen and oxygen atoms in total. The molecule has 1 atom stereocenters. The number of carbonyl (C=O) groups is 2. The molecule has 1 heterocycles. The maximum atomic E-state index is 12.2. The first-order valence-electron chi connectivity index (χ1n) is 7.91. The van der Waals surface area contributed by atoms with Gasteiger partial charge in [-0.25, -0.2) is 4.79 Å². The van der Waals surface area contributed by atoms with Crippen LogP contribution < -0.4 is 16.4 Å². The van der Waals surface area contributed by atoms with Gasteiger partial charge in [0.05, 0.1) is 6.04 Å². The van der Waals surface area contributed by atoms with Crippen molar-refractivity contribution in [3.8, 4) is 0 Å². The molecule has 0 aliphatic carbocycles. The van der Waals surface area contributed by atoms with Gasteiger partial charge in [0.25, 0.3) is 0 Å². The number of urea groups is 1. The number of nitrogens with two attached hydrogens (primary N) is 1. The summed E-state index contributed by atoms with van der Waals surface area (Å²) in [6.07, 6.45) is 0. The lowest BCUT2D eigenvalue weighted by Crippen LogP contribution is -2.31. The van der Waals surface area contributed by atoms with Crippen molar-refractivity contribution in [1.82, 2.24) is 5.32 Å². The van der Waals surface area contributed by atoms with E-state index in [1.807, 2.05) is 38.1 Å². The highest BCUT2D eigenvalue weighted by Crippen LogP contribution is 2.29. The average molecular weight is 337 g/mol. The van der Waals surface area contributed by atoms with E-state index < -0.39 is 5.91 Å². The van der Waals surface area contributed by atoms with Gasteiger partial charge in [0.15, 0.2) is 0 Å². The molecule has 0 radical (unpaired) electrons. The molecule has 0 aliphatic heterocycles. The minimum atomic E-state index is -0.509. The van der Waals surface area contributed by atoms with E-state index in [2.05, 4.69) is 10.6 Å². The Labute approximate surface area is 145 Å². The van der Waals surface area contributed by atoms with Gasteiger partial charge in [0, 0.05) is 22.2 Å². The fraction of sp³-hybridized carbons (Fsp3) is 0.158. The Bertz CT molecular complexity index is 929. The molecule has 0 aliphatic rings. The van der Waals surface area contributed by atoms with Crippen LogP contribution in [0, 0.1) is 6.92 Å². The first-order chi connectivity index (χ1) is 12.0. The lowest BCUT2D eigenvalue weighted by molar-refractivity contribution is 0.100. The van der Waals surface area contributed by atoms with Crippen LogP contribution in [0.1, 0.15) is 34.6 Å². The predicted molar refractivity (Wildman–Crippen MR) is 96.5 cm³/mol. The van der Waals surface area contributed by atoms with Crippen molar-refractivity contribution in [3.05, 3.63) is 65.4 Å². The van der Waals surface area contributed by atoms with Crippen LogP contribution in [0.5, 0.6) is 0 Å². The molecule has 4 N–H and O–H groups in total. The molecule has 0 fully saturated rings. The number of nitrogens with one attached hydrogen (secondary N) is 2. The number of amides is 3. The highest BCUT2D eigenvalue weighted by atomic mass is 16.3. The number of anilines is 1. The number of carbonyl (C=O) groups excluding carboxylic acids is 2. The number of benzene rings is 2. The summed E-state index contributed by atoms with van der Waals surface area (Å²) >= 11 is 0. The van der Waals surface area contributed by atoms with Gasteiger partial charge in [-0.2, -0.15) is 0 Å². The molecule has 0 spiro atoms. The van der Waals surface area contributed by atoms with Gasteiger partial charge in [-0.1, -0.05) is 18.2 Å². The molecular formula is C19H19N3O3. The molecule has 1 unspecified atom stereocenters. The van der Waals surface area contributed by atoms with Crippen LogP contribution in [0.2, 0.25) is 0 Å². The van der Waals surface area contributed by atoms with E-state index in [1.165, 1.54) is 0 Å². The van der Waals surface area contributed by atoms with Gasteiger partial charge in [0.1, 0.15) is 11.3 Å². The fourth-order valence-electron chi connectivity index (χ4n) is 2.75. The van der Waals surface area contributed by atoms with Crippen molar-refractivity contribution >= 4 is 28.6 Å². The SMILES string of the molecule is Cc1c(C(C)NC(=O)Nc2ccc(C(N)=O)cc2)oc2ccccc12. The van der Waals surface area contributed by atoms with Gasteiger partial charge < -0.3 is 20.8 Å². The summed E-state index contributed by atoms with van der Waals surface area (Å²) in [7, 11) is 0. The number of aryl methyl sites for hydroxylation is 1. The molecule has 0 bridgehead atoms. The Balaban J connectivity index is 1.69. The third kappa shape index (κ3) is 3.47. The Morgan fingerprint density at radius 2 is 1.76 bits per heavy atom. The third-order valence-corrected chi connectivity index (χ3v) is 4.05. The largest absolute Gasteiger partial charge is 0.459 e. The molecule has 25 heavy (non-hydrogen) atoms. The highest BCUT2D eigenvalue weighted by molar-refractivity contribution is 5.94. The Morgan fingerprint density at radius 3 is 2.40 bits per heavy atom. The lowest BCUT2D eigenvalue weighted by Gasteiger charge is -2.13. The molecule has 6 heteroatoms. The number of para-hydroxylation sites is 1. The fourth-order valence-corrected chi connectivity index (χ4v) is 2.75. The summed E-state index contributed by atoms with van der Waals surface area (Å²) in [5.74, 6) is 0.213. The number of furan rings is 1. The monoisotopic (exact) mass is 337 g/mol. The smallest absolute Gasteiger partial charge is 0.319 e. The predicted octanol–water partition coefficient (Wildman–Crippen LogP) is 3.72. The minimum Gasteiger partial charge on any atom is -0.459 e. The quantitative estimate of drug-likeness (QED) is 0.676. The average Bonchev–Trinajstić information content (AvgIpc) is 2.92. The second kappa shape index (κ2) is 6.68. The Morgan fingerprint density at radius 1 is 1.08 bits per heavy atom. The second-order valence-electron chi connectivity index (χ2n) is 5.85. The summed E-state index contributed by atoms with van der Waals surface area (Å²) in [6.45, 7) is 3.83. The van der Waals surface area contributed by atoms with Crippen molar-refractivity contribution in [2.75, 3.05) is 5.32 Å². The van der Waals surface area contributed by atoms with Crippen molar-refractivity contribution in [3.63, 3.8) is 0 Å². The van der Waals surface area contributed by atoms with Crippen LogP contribution in [-0.2, 0) is 0 Å². The summed E-state index contributed by atoms with van der Waals surface area (Å²) < 4.78 is 5.86. The van der Waals surface area contributed by atoms with Crippen LogP contribution in [-0.4, -0.2) is 11.9 Å². The molecule has 3 rings (SSSR count). The number of rotatable bonds is 4. The highest BCUT2D eigenvalue weighted by Gasteiger charge is 2.18. The lowest BCUT2D eigenvalue weighted by atomic mass is 10.1. The number of fused-ring (bicyclic) bond motifs is 1. The van der Waals surface area contributed by atoms with Crippen molar-refractivity contribution in [1.29, 1.82) is 0 Å². The molecule has 1 aromatic heterocycles. The first-order valence-corrected chi connectivity index (χ1v) is 7.91. The molecule has 3 aromatic rings. The van der Waals surface area contributed by atoms with Crippen LogP contribution in [0.3, 0.4) is 0 Å². The third-order valence-electron chi connectivity index (χ3n) is 4.05. The molecule has 0 saturated carbocycles. The van der Waals surface area contributed by atoms with Crippen LogP contribution in [0.15, 0.2) is 52.9 Å². The van der Waals surface area contributed by atoms with Crippen LogP contribution >= 0.6 is 0 Å². The molecule has 0 saturated heterocycles. The standard InChI is InChI=1S/C19H19N3O3/c1-11-15-5-3-4-6-16(15)25-17(11)12(2)21-19(24)22-14-9-7-13(8-10-14)18(20)23/h3-10,12H,1-2H3,(H2,20,23)(H2,21,22,24). The van der Waals surface area contributed by atoms with Crippen LogP contribution in [0.4, 0.5) is 10.5 Å². The maximum absolute atomic E-state index is 12.2. The zero-order chi connectivity index (χ0) is 18.0. The number of hydrogen-bond acceptors (Lipinski definition) is 3. The summed E-state index contributed by atoms with van der Waals surface area (Å²) in [5, 5.41) is 6.60.